The third-order valence-corrected chi connectivity index (χ3v) is 6.25. The van der Waals surface area contributed by atoms with Gasteiger partial charge in [-0.1, -0.05) is 6.92 Å². The molecule has 0 aromatic heterocycles. The Bertz CT molecular complexity index is 383. The molecule has 2 saturated heterocycles. The molecule has 2 rings (SSSR count). The van der Waals surface area contributed by atoms with Gasteiger partial charge in [0.25, 0.3) is 0 Å². The number of likely N-dealkylation sites (tertiary alicyclic amines) is 2. The van der Waals surface area contributed by atoms with Gasteiger partial charge in [0.2, 0.25) is 5.91 Å². The van der Waals surface area contributed by atoms with Crippen LogP contribution < -0.4 is 5.32 Å². The zero-order valence-electron chi connectivity index (χ0n) is 16.4. The van der Waals surface area contributed by atoms with Crippen LogP contribution >= 0.6 is 0 Å². The molecule has 2 fully saturated rings. The van der Waals surface area contributed by atoms with Crippen molar-refractivity contribution in [3.05, 3.63) is 0 Å². The van der Waals surface area contributed by atoms with Crippen molar-refractivity contribution in [2.24, 2.45) is 11.8 Å². The second kappa shape index (κ2) is 9.76. The molecule has 0 saturated carbocycles. The monoisotopic (exact) mass is 339 g/mol. The average Bonchev–Trinajstić information content (AvgIpc) is 2.61. The van der Waals surface area contributed by atoms with Crippen LogP contribution in [0.3, 0.4) is 0 Å². The van der Waals surface area contributed by atoms with Crippen LogP contribution in [-0.2, 0) is 4.79 Å². The van der Waals surface area contributed by atoms with Crippen molar-refractivity contribution in [1.82, 2.24) is 15.1 Å². The van der Waals surface area contributed by atoms with Crippen LogP contribution in [0.1, 0.15) is 67.6 Å². The summed E-state index contributed by atoms with van der Waals surface area (Å²) in [7, 11) is 0. The van der Waals surface area contributed by atoms with Crippen molar-refractivity contribution in [2.45, 2.75) is 78.3 Å². The Balaban J connectivity index is 0.00000312. The van der Waals surface area contributed by atoms with Crippen LogP contribution in [0.2, 0.25) is 0 Å². The molecule has 2 aliphatic heterocycles. The van der Waals surface area contributed by atoms with E-state index in [1.165, 1.54) is 32.4 Å². The Morgan fingerprint density at radius 1 is 1.12 bits per heavy atom. The minimum atomic E-state index is 0. The summed E-state index contributed by atoms with van der Waals surface area (Å²) in [5.41, 5.74) is 0. The Morgan fingerprint density at radius 3 is 2.46 bits per heavy atom. The largest absolute Gasteiger partial charge is 0.356 e. The zero-order valence-corrected chi connectivity index (χ0v) is 16.4. The van der Waals surface area contributed by atoms with Crippen LogP contribution in [-0.4, -0.2) is 60.5 Å². The lowest BCUT2D eigenvalue weighted by Crippen LogP contribution is -2.44. The first-order valence-corrected chi connectivity index (χ1v) is 10.3. The van der Waals surface area contributed by atoms with Crippen LogP contribution in [0.5, 0.6) is 0 Å². The van der Waals surface area contributed by atoms with Crippen molar-refractivity contribution < 1.29 is 6.22 Å². The lowest BCUT2D eigenvalue weighted by molar-refractivity contribution is -0.126. The minimum absolute atomic E-state index is 0. The van der Waals surface area contributed by atoms with Gasteiger partial charge in [-0.25, -0.2) is 0 Å². The number of hydrogen-bond acceptors (Lipinski definition) is 3. The molecule has 2 aliphatic rings. The summed E-state index contributed by atoms with van der Waals surface area (Å²) >= 11 is 0. The number of nitrogens with zero attached hydrogens (tertiary/aromatic N) is 2. The molecule has 0 bridgehead atoms. The summed E-state index contributed by atoms with van der Waals surface area (Å²) in [5, 5.41) is 3.23. The second-order valence-electron chi connectivity index (χ2n) is 8.24. The van der Waals surface area contributed by atoms with E-state index in [1.807, 2.05) is 0 Å². The van der Waals surface area contributed by atoms with Gasteiger partial charge in [-0.15, -0.1) is 0 Å². The van der Waals surface area contributed by atoms with Gasteiger partial charge in [0.05, 0.1) is 0 Å². The lowest BCUT2D eigenvalue weighted by atomic mass is 9.93. The fourth-order valence-electron chi connectivity index (χ4n) is 4.21. The summed E-state index contributed by atoms with van der Waals surface area (Å²) < 4.78 is 0. The Labute approximate surface area is 150 Å². The fraction of sp³-hybridized carbons (Fsp3) is 0.950. The molecule has 142 valence electrons. The number of carbonyl (C=O) groups is 1. The summed E-state index contributed by atoms with van der Waals surface area (Å²) in [6, 6.07) is 1.31. The summed E-state index contributed by atoms with van der Waals surface area (Å²) in [6.45, 7) is 14.6. The highest BCUT2D eigenvalue weighted by molar-refractivity contribution is 5.78. The lowest BCUT2D eigenvalue weighted by Gasteiger charge is -2.36. The Kier molecular flexibility index (Phi) is 8.02. The first-order chi connectivity index (χ1) is 11.5. The number of nitrogens with one attached hydrogen (secondary N) is 1. The Hall–Kier alpha value is -0.610. The molecule has 2 heterocycles. The van der Waals surface area contributed by atoms with Crippen molar-refractivity contribution in [2.75, 3.05) is 32.7 Å². The molecule has 4 heteroatoms. The standard InChI is InChI=1S/C20H39N3O.H2/c1-5-17(4)22-13-9-19(10-14-22)20(24)21-11-8-18-7-6-12-23(15-18)16(2)3;/h16-19H,5-15H2,1-4H3,(H,21,24);1H. The molecular formula is C20H41N3O. The first kappa shape index (κ1) is 19.7. The second-order valence-corrected chi connectivity index (χ2v) is 8.24. The normalized spacial score (nSPS) is 25.8. The molecule has 0 radical (unpaired) electrons. The number of piperidine rings is 2. The highest BCUT2D eigenvalue weighted by atomic mass is 16.1. The van der Waals surface area contributed by atoms with Crippen LogP contribution in [0, 0.1) is 11.8 Å². The molecule has 4 nitrogen and oxygen atoms in total. The van der Waals surface area contributed by atoms with Gasteiger partial charge in [0.1, 0.15) is 0 Å². The highest BCUT2D eigenvalue weighted by Gasteiger charge is 2.27. The highest BCUT2D eigenvalue weighted by Crippen LogP contribution is 2.22. The van der Waals surface area contributed by atoms with Crippen molar-refractivity contribution >= 4 is 5.91 Å². The number of hydrogen-bond donors (Lipinski definition) is 1. The van der Waals surface area contributed by atoms with E-state index in [4.69, 9.17) is 0 Å². The minimum Gasteiger partial charge on any atom is -0.356 e. The van der Waals surface area contributed by atoms with Gasteiger partial charge >= 0.3 is 0 Å². The summed E-state index contributed by atoms with van der Waals surface area (Å²) in [6.07, 6.45) is 7.03. The SMILES string of the molecule is CCC(C)N1CCC(C(=O)NCCC2CCCN(C(C)C)C2)CC1.[HH]. The molecule has 2 atom stereocenters. The number of rotatable bonds is 7. The van der Waals surface area contributed by atoms with Crippen molar-refractivity contribution in [1.29, 1.82) is 0 Å². The van der Waals surface area contributed by atoms with Crippen LogP contribution in [0.4, 0.5) is 0 Å². The van der Waals surface area contributed by atoms with E-state index < -0.39 is 0 Å². The Morgan fingerprint density at radius 2 is 1.83 bits per heavy atom. The topological polar surface area (TPSA) is 35.6 Å². The zero-order chi connectivity index (χ0) is 17.5. The van der Waals surface area contributed by atoms with E-state index >= 15 is 0 Å². The van der Waals surface area contributed by atoms with E-state index in [0.29, 0.717) is 18.0 Å². The van der Waals surface area contributed by atoms with Crippen LogP contribution in [0.15, 0.2) is 0 Å². The fourth-order valence-corrected chi connectivity index (χ4v) is 4.21. The first-order valence-electron chi connectivity index (χ1n) is 10.3. The van der Waals surface area contributed by atoms with Crippen LogP contribution in [0.25, 0.3) is 0 Å². The van der Waals surface area contributed by atoms with E-state index in [2.05, 4.69) is 42.8 Å². The number of amides is 1. The predicted octanol–water partition coefficient (Wildman–Crippen LogP) is 3.37. The van der Waals surface area contributed by atoms with Crippen molar-refractivity contribution in [3.63, 3.8) is 0 Å². The predicted molar refractivity (Wildman–Crippen MR) is 103 cm³/mol. The molecule has 0 aromatic carbocycles. The molecule has 2 unspecified atom stereocenters. The summed E-state index contributed by atoms with van der Waals surface area (Å²) in [4.78, 5) is 17.5. The molecule has 1 amide bonds. The van der Waals surface area contributed by atoms with Gasteiger partial charge in [-0.3, -0.25) is 4.79 Å². The van der Waals surface area contributed by atoms with Gasteiger partial charge < -0.3 is 15.1 Å². The van der Waals surface area contributed by atoms with E-state index in [9.17, 15) is 4.79 Å². The third kappa shape index (κ3) is 5.73. The maximum Gasteiger partial charge on any atom is 0.223 e. The summed E-state index contributed by atoms with van der Waals surface area (Å²) in [5.74, 6) is 1.30. The molecule has 0 spiro atoms. The maximum absolute atomic E-state index is 12.4. The maximum atomic E-state index is 12.4. The average molecular weight is 340 g/mol. The quantitative estimate of drug-likeness (QED) is 0.772. The molecular weight excluding hydrogens is 298 g/mol. The van der Waals surface area contributed by atoms with E-state index in [1.54, 1.807) is 0 Å². The van der Waals surface area contributed by atoms with Gasteiger partial charge in [0, 0.05) is 32.5 Å². The molecule has 1 N–H and O–H groups in total. The van der Waals surface area contributed by atoms with Crippen molar-refractivity contribution in [3.8, 4) is 0 Å². The van der Waals surface area contributed by atoms with Gasteiger partial charge in [-0.05, 0) is 84.8 Å². The van der Waals surface area contributed by atoms with E-state index in [0.717, 1.165) is 44.8 Å². The third-order valence-electron chi connectivity index (χ3n) is 6.25. The molecule has 0 aliphatic carbocycles. The van der Waals surface area contributed by atoms with E-state index in [-0.39, 0.29) is 7.34 Å². The van der Waals surface area contributed by atoms with Gasteiger partial charge in [0.15, 0.2) is 0 Å². The van der Waals surface area contributed by atoms with Gasteiger partial charge in [-0.2, -0.15) is 0 Å². The molecule has 24 heavy (non-hydrogen) atoms. The molecule has 0 aromatic rings. The smallest absolute Gasteiger partial charge is 0.223 e. The number of carbonyl (C=O) groups excluding carboxylic acids is 1.